The molecule has 0 aliphatic heterocycles. The van der Waals surface area contributed by atoms with Crippen molar-refractivity contribution in [1.29, 1.82) is 0 Å². The van der Waals surface area contributed by atoms with Gasteiger partial charge < -0.3 is 10.1 Å². The fraction of sp³-hybridized carbons (Fsp3) is 0.571. The first kappa shape index (κ1) is 11.5. The Balaban J connectivity index is 2.31. The molecule has 0 bridgehead atoms. The lowest BCUT2D eigenvalue weighted by atomic mass is 9.77. The van der Waals surface area contributed by atoms with Gasteiger partial charge in [0, 0.05) is 11.6 Å². The summed E-state index contributed by atoms with van der Waals surface area (Å²) in [4.78, 5) is 0. The van der Waals surface area contributed by atoms with Gasteiger partial charge in [0.05, 0.1) is 7.11 Å². The highest BCUT2D eigenvalue weighted by Crippen LogP contribution is 2.40. The van der Waals surface area contributed by atoms with Gasteiger partial charge in [0.15, 0.2) is 0 Å². The van der Waals surface area contributed by atoms with Crippen LogP contribution in [0.15, 0.2) is 18.2 Å². The molecule has 2 rings (SSSR count). The van der Waals surface area contributed by atoms with E-state index in [-0.39, 0.29) is 0 Å². The van der Waals surface area contributed by atoms with Crippen molar-refractivity contribution in [2.75, 3.05) is 14.2 Å². The van der Waals surface area contributed by atoms with E-state index < -0.39 is 0 Å². The number of benzene rings is 1. The maximum absolute atomic E-state index is 5.46. The third-order valence-electron chi connectivity index (χ3n) is 3.65. The van der Waals surface area contributed by atoms with Gasteiger partial charge in [-0.05, 0) is 38.8 Å². The van der Waals surface area contributed by atoms with E-state index in [1.54, 1.807) is 7.11 Å². The monoisotopic (exact) mass is 219 g/mol. The van der Waals surface area contributed by atoms with Gasteiger partial charge in [-0.25, -0.2) is 0 Å². The smallest absolute Gasteiger partial charge is 0.123 e. The highest BCUT2D eigenvalue weighted by Gasteiger charge is 2.29. The minimum absolute atomic E-state index is 0.448. The van der Waals surface area contributed by atoms with Gasteiger partial charge in [-0.15, -0.1) is 0 Å². The molecule has 0 spiro atoms. The largest absolute Gasteiger partial charge is 0.496 e. The SMILES string of the molecule is CNC(c1cc(C)ccc1OC)C1CCC1. The fourth-order valence-electron chi connectivity index (χ4n) is 2.52. The quantitative estimate of drug-likeness (QED) is 0.840. The molecule has 16 heavy (non-hydrogen) atoms. The number of ether oxygens (including phenoxy) is 1. The zero-order valence-corrected chi connectivity index (χ0v) is 10.4. The first-order chi connectivity index (χ1) is 7.76. The molecule has 0 radical (unpaired) electrons. The molecule has 0 aromatic heterocycles. The zero-order valence-electron chi connectivity index (χ0n) is 10.4. The highest BCUT2D eigenvalue weighted by atomic mass is 16.5. The molecule has 0 saturated heterocycles. The van der Waals surface area contributed by atoms with Gasteiger partial charge in [0.2, 0.25) is 0 Å². The van der Waals surface area contributed by atoms with Gasteiger partial charge in [0.1, 0.15) is 5.75 Å². The molecule has 1 saturated carbocycles. The predicted octanol–water partition coefficient (Wildman–Crippen LogP) is 3.06. The average Bonchev–Trinajstić information content (AvgIpc) is 2.23. The topological polar surface area (TPSA) is 21.3 Å². The van der Waals surface area contributed by atoms with Crippen molar-refractivity contribution in [3.05, 3.63) is 29.3 Å². The first-order valence-electron chi connectivity index (χ1n) is 6.08. The number of methoxy groups -OCH3 is 1. The third-order valence-corrected chi connectivity index (χ3v) is 3.65. The molecule has 1 aliphatic rings. The van der Waals surface area contributed by atoms with Crippen molar-refractivity contribution in [3.63, 3.8) is 0 Å². The lowest BCUT2D eigenvalue weighted by molar-refractivity contribution is 0.235. The van der Waals surface area contributed by atoms with E-state index in [1.807, 2.05) is 7.05 Å². The van der Waals surface area contributed by atoms with E-state index >= 15 is 0 Å². The summed E-state index contributed by atoms with van der Waals surface area (Å²) in [5.74, 6) is 1.79. The summed E-state index contributed by atoms with van der Waals surface area (Å²) < 4.78 is 5.46. The van der Waals surface area contributed by atoms with E-state index in [0.29, 0.717) is 6.04 Å². The molecule has 1 N–H and O–H groups in total. The normalized spacial score (nSPS) is 17.9. The van der Waals surface area contributed by atoms with Crippen LogP contribution in [0.1, 0.15) is 36.4 Å². The van der Waals surface area contributed by atoms with Gasteiger partial charge in [-0.2, -0.15) is 0 Å². The number of hydrogen-bond acceptors (Lipinski definition) is 2. The molecule has 1 aromatic rings. The van der Waals surface area contributed by atoms with E-state index in [1.165, 1.54) is 30.4 Å². The average molecular weight is 219 g/mol. The molecule has 1 aliphatic carbocycles. The Bertz CT molecular complexity index is 358. The summed E-state index contributed by atoms with van der Waals surface area (Å²) in [5.41, 5.74) is 2.62. The Morgan fingerprint density at radius 3 is 2.62 bits per heavy atom. The molecular weight excluding hydrogens is 198 g/mol. The van der Waals surface area contributed by atoms with E-state index in [4.69, 9.17) is 4.74 Å². The molecule has 1 unspecified atom stereocenters. The third kappa shape index (κ3) is 2.07. The van der Waals surface area contributed by atoms with E-state index in [2.05, 4.69) is 30.4 Å². The van der Waals surface area contributed by atoms with Crippen molar-refractivity contribution < 1.29 is 4.74 Å². The van der Waals surface area contributed by atoms with Crippen LogP contribution in [-0.2, 0) is 0 Å². The maximum atomic E-state index is 5.46. The molecule has 1 atom stereocenters. The molecule has 1 aromatic carbocycles. The summed E-state index contributed by atoms with van der Waals surface area (Å²) >= 11 is 0. The minimum Gasteiger partial charge on any atom is -0.496 e. The molecule has 0 amide bonds. The van der Waals surface area contributed by atoms with Crippen LogP contribution in [0.3, 0.4) is 0 Å². The Hall–Kier alpha value is -1.02. The van der Waals surface area contributed by atoms with Gasteiger partial charge in [-0.3, -0.25) is 0 Å². The summed E-state index contributed by atoms with van der Waals surface area (Å²) in [7, 11) is 3.80. The molecule has 0 heterocycles. The van der Waals surface area contributed by atoms with Crippen molar-refractivity contribution in [3.8, 4) is 5.75 Å². The van der Waals surface area contributed by atoms with E-state index in [0.717, 1.165) is 11.7 Å². The summed E-state index contributed by atoms with van der Waals surface area (Å²) in [6.07, 6.45) is 4.04. The van der Waals surface area contributed by atoms with Crippen LogP contribution in [-0.4, -0.2) is 14.2 Å². The zero-order chi connectivity index (χ0) is 11.5. The van der Waals surface area contributed by atoms with Crippen LogP contribution in [0.25, 0.3) is 0 Å². The molecule has 1 fully saturated rings. The Morgan fingerprint density at radius 2 is 2.12 bits per heavy atom. The minimum atomic E-state index is 0.448. The molecule has 88 valence electrons. The summed E-state index contributed by atoms with van der Waals surface area (Å²) in [6, 6.07) is 6.88. The lowest BCUT2D eigenvalue weighted by Gasteiger charge is -2.34. The predicted molar refractivity (Wildman–Crippen MR) is 66.9 cm³/mol. The second-order valence-corrected chi connectivity index (χ2v) is 4.70. The Kier molecular flexibility index (Phi) is 3.49. The fourth-order valence-corrected chi connectivity index (χ4v) is 2.52. The Morgan fingerprint density at radius 1 is 1.38 bits per heavy atom. The number of rotatable bonds is 4. The van der Waals surface area contributed by atoms with Crippen LogP contribution < -0.4 is 10.1 Å². The van der Waals surface area contributed by atoms with Crippen molar-refractivity contribution in [2.45, 2.75) is 32.2 Å². The number of aryl methyl sites for hydroxylation is 1. The first-order valence-corrected chi connectivity index (χ1v) is 6.08. The van der Waals surface area contributed by atoms with Crippen molar-refractivity contribution in [2.24, 2.45) is 5.92 Å². The molecule has 2 nitrogen and oxygen atoms in total. The number of hydrogen-bond donors (Lipinski definition) is 1. The summed E-state index contributed by atoms with van der Waals surface area (Å²) in [5, 5.41) is 3.44. The molecule has 2 heteroatoms. The van der Waals surface area contributed by atoms with Gasteiger partial charge in [0.25, 0.3) is 0 Å². The van der Waals surface area contributed by atoms with Crippen LogP contribution in [0.4, 0.5) is 0 Å². The van der Waals surface area contributed by atoms with E-state index in [9.17, 15) is 0 Å². The Labute approximate surface area is 98.0 Å². The lowest BCUT2D eigenvalue weighted by Crippen LogP contribution is -2.30. The van der Waals surface area contributed by atoms with Gasteiger partial charge in [-0.1, -0.05) is 24.1 Å². The highest BCUT2D eigenvalue weighted by molar-refractivity contribution is 5.39. The van der Waals surface area contributed by atoms with Crippen molar-refractivity contribution >= 4 is 0 Å². The second kappa shape index (κ2) is 4.88. The van der Waals surface area contributed by atoms with Crippen LogP contribution in [0.5, 0.6) is 5.75 Å². The maximum Gasteiger partial charge on any atom is 0.123 e. The summed E-state index contributed by atoms with van der Waals surface area (Å²) in [6.45, 7) is 2.14. The van der Waals surface area contributed by atoms with Crippen LogP contribution in [0, 0.1) is 12.8 Å². The number of nitrogens with one attached hydrogen (secondary N) is 1. The van der Waals surface area contributed by atoms with Crippen LogP contribution >= 0.6 is 0 Å². The standard InChI is InChI=1S/C14H21NO/c1-10-7-8-13(16-3)12(9-10)14(15-2)11-5-4-6-11/h7-9,11,14-15H,4-6H2,1-3H3. The van der Waals surface area contributed by atoms with Crippen LogP contribution in [0.2, 0.25) is 0 Å². The second-order valence-electron chi connectivity index (χ2n) is 4.70. The molecular formula is C14H21NO. The van der Waals surface area contributed by atoms with Crippen molar-refractivity contribution in [1.82, 2.24) is 5.32 Å². The van der Waals surface area contributed by atoms with Gasteiger partial charge >= 0.3 is 0 Å².